The number of hydrogen-bond acceptors (Lipinski definition) is 0. The summed E-state index contributed by atoms with van der Waals surface area (Å²) in [6.45, 7) is 4.61. The summed E-state index contributed by atoms with van der Waals surface area (Å²) in [7, 11) is 0. The first kappa shape index (κ1) is 23.7. The zero-order valence-corrected chi connectivity index (χ0v) is 25.0. The lowest BCUT2D eigenvalue weighted by molar-refractivity contribution is -0.989. The van der Waals surface area contributed by atoms with Crippen LogP contribution in [0.3, 0.4) is 0 Å². The number of hydrogen-bond donors (Lipinski definition) is 0. The average Bonchev–Trinajstić information content (AvgIpc) is 3.78. The molecule has 45 heavy (non-hydrogen) atoms. The smallest absolute Gasteiger partial charge is 0.307 e. The van der Waals surface area contributed by atoms with Gasteiger partial charge in [0.25, 0.3) is 0 Å². The molecule has 4 nitrogen and oxygen atoms in total. The van der Waals surface area contributed by atoms with Crippen LogP contribution >= 0.6 is 0 Å². The average molecular weight is 577 g/mol. The first-order chi connectivity index (χ1) is 22.2. The molecule has 11 rings (SSSR count). The van der Waals surface area contributed by atoms with Crippen LogP contribution in [0.15, 0.2) is 134 Å². The van der Waals surface area contributed by atoms with E-state index in [0.717, 1.165) is 0 Å². The predicted molar refractivity (Wildman–Crippen MR) is 178 cm³/mol. The van der Waals surface area contributed by atoms with Gasteiger partial charge in [0, 0.05) is 29.8 Å². The Balaban J connectivity index is 1.29. The molecule has 0 fully saturated rings. The van der Waals surface area contributed by atoms with Gasteiger partial charge < -0.3 is 4.57 Å². The molecule has 4 heteroatoms. The Labute approximate surface area is 260 Å². The molecule has 0 saturated carbocycles. The summed E-state index contributed by atoms with van der Waals surface area (Å²) in [5.41, 5.74) is 17.4. The third kappa shape index (κ3) is 2.52. The highest BCUT2D eigenvalue weighted by molar-refractivity contribution is 6.13. The van der Waals surface area contributed by atoms with Gasteiger partial charge in [-0.3, -0.25) is 0 Å². The van der Waals surface area contributed by atoms with Crippen molar-refractivity contribution in [1.82, 2.24) is 9.25 Å². The van der Waals surface area contributed by atoms with Gasteiger partial charge in [-0.15, -0.1) is 9.25 Å². The summed E-state index contributed by atoms with van der Waals surface area (Å²) in [4.78, 5) is 0. The summed E-state index contributed by atoms with van der Waals surface area (Å²) < 4.78 is 10.2. The van der Waals surface area contributed by atoms with E-state index in [-0.39, 0.29) is 0 Å². The minimum absolute atomic E-state index is 0.543. The molecule has 3 aliphatic heterocycles. The Bertz CT molecular complexity index is 2600. The molecule has 0 N–H and O–H groups in total. The van der Waals surface area contributed by atoms with Gasteiger partial charge in [0.15, 0.2) is 11.8 Å². The summed E-state index contributed by atoms with van der Waals surface area (Å²) in [5.74, 6) is 0. The van der Waals surface area contributed by atoms with Gasteiger partial charge in [-0.05, 0) is 58.6 Å². The van der Waals surface area contributed by atoms with Crippen molar-refractivity contribution in [2.45, 2.75) is 19.5 Å². The van der Waals surface area contributed by atoms with Crippen molar-refractivity contribution in [3.8, 4) is 44.9 Å². The van der Waals surface area contributed by atoms with Gasteiger partial charge in [0.05, 0.1) is 33.5 Å². The second kappa shape index (κ2) is 7.85. The fourth-order valence-electron chi connectivity index (χ4n) is 9.07. The molecule has 3 aromatic heterocycles. The molecule has 0 bridgehead atoms. The van der Waals surface area contributed by atoms with Crippen molar-refractivity contribution < 1.29 is 9.25 Å². The van der Waals surface area contributed by atoms with Crippen molar-refractivity contribution in [2.24, 2.45) is 0 Å². The SMILES string of the molecule is Cc1c(-c2ccc(-c3ccccc3)cc2)c(C)[n+]2n1-c1cccc3c1C21c2c(ccc4c5ccccc5n-3c24)-c2cccc[n+]21. The Hall–Kier alpha value is -5.74. The van der Waals surface area contributed by atoms with Gasteiger partial charge in [-0.1, -0.05) is 84.9 Å². The third-order valence-electron chi connectivity index (χ3n) is 10.7. The highest BCUT2D eigenvalue weighted by atomic mass is 15.5. The highest BCUT2D eigenvalue weighted by Crippen LogP contribution is 2.55. The lowest BCUT2D eigenvalue weighted by Crippen LogP contribution is -2.74. The number of para-hydroxylation sites is 1. The quantitative estimate of drug-likeness (QED) is 0.186. The number of rotatable bonds is 2. The first-order valence-corrected chi connectivity index (χ1v) is 15.7. The van der Waals surface area contributed by atoms with E-state index in [4.69, 9.17) is 0 Å². The second-order valence-electron chi connectivity index (χ2n) is 12.6. The molecule has 210 valence electrons. The molecule has 3 aliphatic rings. The molecule has 0 aliphatic carbocycles. The van der Waals surface area contributed by atoms with E-state index in [1.807, 2.05) is 0 Å². The number of pyridine rings is 1. The van der Waals surface area contributed by atoms with Crippen LogP contribution < -0.4 is 9.25 Å². The van der Waals surface area contributed by atoms with E-state index in [2.05, 4.69) is 166 Å². The molecule has 1 spiro atoms. The summed E-state index contributed by atoms with van der Waals surface area (Å²) in [5, 5.41) is 2.61. The monoisotopic (exact) mass is 576 g/mol. The van der Waals surface area contributed by atoms with E-state index in [1.165, 1.54) is 89.2 Å². The molecule has 0 amide bonds. The topological polar surface area (TPSA) is 17.6 Å². The third-order valence-corrected chi connectivity index (χ3v) is 10.7. The Morgan fingerprint density at radius 1 is 0.578 bits per heavy atom. The maximum Gasteiger partial charge on any atom is 0.444 e. The fourth-order valence-corrected chi connectivity index (χ4v) is 9.07. The first-order valence-electron chi connectivity index (χ1n) is 15.7. The van der Waals surface area contributed by atoms with Gasteiger partial charge in [-0.25, -0.2) is 0 Å². The van der Waals surface area contributed by atoms with Crippen LogP contribution in [0.2, 0.25) is 0 Å². The van der Waals surface area contributed by atoms with E-state index in [9.17, 15) is 0 Å². The normalized spacial score (nSPS) is 16.3. The zero-order chi connectivity index (χ0) is 29.6. The van der Waals surface area contributed by atoms with Crippen LogP contribution in [-0.4, -0.2) is 9.25 Å². The molecule has 1 atom stereocenters. The van der Waals surface area contributed by atoms with Crippen molar-refractivity contribution in [3.05, 3.63) is 156 Å². The second-order valence-corrected chi connectivity index (χ2v) is 12.6. The van der Waals surface area contributed by atoms with Crippen molar-refractivity contribution >= 4 is 21.8 Å². The van der Waals surface area contributed by atoms with Crippen LogP contribution in [0.25, 0.3) is 66.7 Å². The predicted octanol–water partition coefficient (Wildman–Crippen LogP) is 8.01. The van der Waals surface area contributed by atoms with E-state index in [0.29, 0.717) is 0 Å². The molecular formula is C41H28N4+2. The summed E-state index contributed by atoms with van der Waals surface area (Å²) in [6.07, 6.45) is 2.29. The molecule has 6 heterocycles. The van der Waals surface area contributed by atoms with Crippen molar-refractivity contribution in [3.63, 3.8) is 0 Å². The summed E-state index contributed by atoms with van der Waals surface area (Å²) >= 11 is 0. The van der Waals surface area contributed by atoms with Crippen LogP contribution in [0.5, 0.6) is 0 Å². The van der Waals surface area contributed by atoms with Gasteiger partial charge in [-0.2, -0.15) is 0 Å². The molecule has 0 saturated heterocycles. The highest BCUT2D eigenvalue weighted by Gasteiger charge is 2.72. The van der Waals surface area contributed by atoms with Crippen LogP contribution in [-0.2, 0) is 5.66 Å². The van der Waals surface area contributed by atoms with Gasteiger partial charge in [0.2, 0.25) is 11.4 Å². The number of nitrogens with zero attached hydrogens (tertiary/aromatic N) is 4. The largest absolute Gasteiger partial charge is 0.444 e. The lowest BCUT2D eigenvalue weighted by atomic mass is 9.84. The standard InChI is InChI=1S/C41H28N4/c1-25-37(29-20-18-28(19-21-29)27-11-4-3-5-12-27)26(2)45-41-38-32(33-14-8-9-24-42(33)41)23-22-31-30-13-6-7-15-34(30)43(40(31)38)35-16-10-17-36(39(35)41)44(25)45/h3-24H,1-2H3/q+2. The van der Waals surface area contributed by atoms with Crippen LogP contribution in [0, 0.1) is 13.8 Å². The fraction of sp³-hybridized carbons (Fsp3) is 0.0732. The van der Waals surface area contributed by atoms with Crippen LogP contribution in [0.4, 0.5) is 0 Å². The maximum absolute atomic E-state index is 2.60. The molecular weight excluding hydrogens is 548 g/mol. The molecule has 1 unspecified atom stereocenters. The van der Waals surface area contributed by atoms with E-state index in [1.54, 1.807) is 0 Å². The number of fused-ring (bicyclic) bond motifs is 8. The molecule has 0 radical (unpaired) electrons. The van der Waals surface area contributed by atoms with E-state index < -0.39 is 5.66 Å². The summed E-state index contributed by atoms with van der Waals surface area (Å²) in [6, 6.07) is 46.9. The Morgan fingerprint density at radius 2 is 1.31 bits per heavy atom. The van der Waals surface area contributed by atoms with Crippen molar-refractivity contribution in [2.75, 3.05) is 0 Å². The minimum Gasteiger partial charge on any atom is -0.307 e. The van der Waals surface area contributed by atoms with Gasteiger partial charge in [0.1, 0.15) is 11.3 Å². The number of benzene rings is 5. The van der Waals surface area contributed by atoms with Crippen LogP contribution in [0.1, 0.15) is 22.5 Å². The molecule has 8 aromatic rings. The number of aromatic nitrogens is 4. The maximum atomic E-state index is 2.60. The minimum atomic E-state index is -0.543. The van der Waals surface area contributed by atoms with E-state index >= 15 is 0 Å². The molecule has 5 aromatic carbocycles. The lowest BCUT2D eigenvalue weighted by Gasteiger charge is -2.24. The van der Waals surface area contributed by atoms with Crippen molar-refractivity contribution in [1.29, 1.82) is 0 Å². The Kier molecular flexibility index (Phi) is 4.13. The zero-order valence-electron chi connectivity index (χ0n) is 25.0. The van der Waals surface area contributed by atoms with Gasteiger partial charge >= 0.3 is 5.66 Å². The Morgan fingerprint density at radius 3 is 2.18 bits per heavy atom.